The van der Waals surface area contributed by atoms with Gasteiger partial charge < -0.3 is 11.1 Å². The third kappa shape index (κ3) is 5.69. The molecule has 36 heavy (non-hydrogen) atoms. The van der Waals surface area contributed by atoms with E-state index in [0.29, 0.717) is 5.02 Å². The van der Waals surface area contributed by atoms with Gasteiger partial charge in [0.2, 0.25) is 11.8 Å². The second-order valence-corrected chi connectivity index (χ2v) is 9.93. The third-order valence-electron chi connectivity index (χ3n) is 6.34. The number of hydrogen-bond acceptors (Lipinski definition) is 2. The average molecular weight is 562 g/mol. The van der Waals surface area contributed by atoms with E-state index in [9.17, 15) is 9.59 Å². The monoisotopic (exact) mass is 560 g/mol. The van der Waals surface area contributed by atoms with E-state index in [1.54, 1.807) is 12.1 Å². The maximum absolute atomic E-state index is 13.7. The van der Waals surface area contributed by atoms with E-state index in [-0.39, 0.29) is 18.7 Å². The molecule has 0 fully saturated rings. The molecular formula is C30H26BrClN2O2. The summed E-state index contributed by atoms with van der Waals surface area (Å²) in [6.45, 7) is 0. The summed E-state index contributed by atoms with van der Waals surface area (Å²) < 4.78 is 0.791. The molecule has 2 amide bonds. The molecule has 0 saturated carbocycles. The van der Waals surface area contributed by atoms with Crippen LogP contribution in [0.5, 0.6) is 0 Å². The first-order chi connectivity index (χ1) is 17.4. The van der Waals surface area contributed by atoms with Crippen molar-refractivity contribution in [2.75, 3.05) is 0 Å². The Morgan fingerprint density at radius 2 is 1.28 bits per heavy atom. The van der Waals surface area contributed by atoms with E-state index in [1.165, 1.54) is 0 Å². The van der Waals surface area contributed by atoms with Crippen molar-refractivity contribution in [1.82, 2.24) is 5.32 Å². The number of rotatable bonds is 9. The first kappa shape index (κ1) is 25.7. The number of primary amides is 1. The number of hydrogen-bond donors (Lipinski definition) is 2. The van der Waals surface area contributed by atoms with Gasteiger partial charge in [-0.15, -0.1) is 0 Å². The molecule has 182 valence electrons. The summed E-state index contributed by atoms with van der Waals surface area (Å²) in [7, 11) is 0. The van der Waals surface area contributed by atoms with Gasteiger partial charge in [0.15, 0.2) is 0 Å². The second-order valence-electron chi connectivity index (χ2n) is 8.64. The van der Waals surface area contributed by atoms with Crippen molar-refractivity contribution in [3.05, 3.63) is 141 Å². The highest BCUT2D eigenvalue weighted by Crippen LogP contribution is 2.42. The van der Waals surface area contributed by atoms with Gasteiger partial charge in [-0.25, -0.2) is 0 Å². The predicted octanol–water partition coefficient (Wildman–Crippen LogP) is 6.04. The van der Waals surface area contributed by atoms with Crippen LogP contribution >= 0.6 is 27.5 Å². The zero-order valence-corrected chi connectivity index (χ0v) is 21.9. The number of carbonyl (C=O) groups is 2. The van der Waals surface area contributed by atoms with Crippen molar-refractivity contribution in [2.24, 2.45) is 5.73 Å². The van der Waals surface area contributed by atoms with Crippen LogP contribution in [-0.4, -0.2) is 17.9 Å². The quantitative estimate of drug-likeness (QED) is 0.245. The minimum atomic E-state index is -0.896. The maximum Gasteiger partial charge on any atom is 0.240 e. The summed E-state index contributed by atoms with van der Waals surface area (Å²) in [5.41, 5.74) is 8.66. The number of nitrogens with one attached hydrogen (secondary N) is 1. The van der Waals surface area contributed by atoms with Crippen LogP contribution in [0, 0.1) is 0 Å². The summed E-state index contributed by atoms with van der Waals surface area (Å²) in [5.74, 6) is -0.895. The van der Waals surface area contributed by atoms with Crippen LogP contribution in [-0.2, 0) is 21.4 Å². The standard InChI is InChI=1S/C30H26BrClN2O2/c31-26-17-16-25(32)18-21(26)19-27(29(33)36)34-28(35)20-30(22-10-4-1-5-11-22,23-12-6-2-7-13-23)24-14-8-3-9-15-24/h1-18,27H,19-20H2,(H2,33,36)(H,34,35)/t27-/m1/s1. The van der Waals surface area contributed by atoms with Gasteiger partial charge in [-0.2, -0.15) is 0 Å². The van der Waals surface area contributed by atoms with Crippen LogP contribution in [0.1, 0.15) is 28.7 Å². The van der Waals surface area contributed by atoms with Crippen LogP contribution in [0.2, 0.25) is 5.02 Å². The Balaban J connectivity index is 1.73. The SMILES string of the molecule is NC(=O)[C@@H](Cc1cc(Cl)ccc1Br)NC(=O)CC(c1ccccc1)(c1ccccc1)c1ccccc1. The van der Waals surface area contributed by atoms with Gasteiger partial charge in [0.1, 0.15) is 6.04 Å². The van der Waals surface area contributed by atoms with E-state index in [1.807, 2.05) is 97.1 Å². The molecule has 0 aliphatic heterocycles. The molecule has 0 heterocycles. The average Bonchev–Trinajstić information content (AvgIpc) is 2.90. The molecule has 1 atom stereocenters. The maximum atomic E-state index is 13.7. The highest BCUT2D eigenvalue weighted by Gasteiger charge is 2.39. The van der Waals surface area contributed by atoms with Crippen LogP contribution < -0.4 is 11.1 Å². The largest absolute Gasteiger partial charge is 0.368 e. The fourth-order valence-corrected chi connectivity index (χ4v) is 5.21. The molecule has 4 rings (SSSR count). The fraction of sp³-hybridized carbons (Fsp3) is 0.133. The zero-order valence-electron chi connectivity index (χ0n) is 19.5. The van der Waals surface area contributed by atoms with Gasteiger partial charge >= 0.3 is 0 Å². The number of carbonyl (C=O) groups excluding carboxylic acids is 2. The van der Waals surface area contributed by atoms with Crippen molar-refractivity contribution in [1.29, 1.82) is 0 Å². The summed E-state index contributed by atoms with van der Waals surface area (Å²) in [6.07, 6.45) is 0.308. The lowest BCUT2D eigenvalue weighted by Crippen LogP contribution is -2.48. The second kappa shape index (κ2) is 11.5. The summed E-state index contributed by atoms with van der Waals surface area (Å²) in [4.78, 5) is 26.0. The topological polar surface area (TPSA) is 72.2 Å². The van der Waals surface area contributed by atoms with Crippen molar-refractivity contribution < 1.29 is 9.59 Å². The Morgan fingerprint density at radius 1 is 0.806 bits per heavy atom. The summed E-state index contributed by atoms with van der Waals surface area (Å²) in [5, 5.41) is 3.44. The number of halogens is 2. The number of benzene rings is 4. The van der Waals surface area contributed by atoms with Gasteiger partial charge in [0.05, 0.1) is 5.41 Å². The van der Waals surface area contributed by atoms with Gasteiger partial charge in [0, 0.05) is 22.3 Å². The van der Waals surface area contributed by atoms with Crippen molar-refractivity contribution in [2.45, 2.75) is 24.3 Å². The molecular weight excluding hydrogens is 536 g/mol. The zero-order chi connectivity index (χ0) is 25.5. The molecule has 0 radical (unpaired) electrons. The Labute approximate surface area is 224 Å². The number of amides is 2. The minimum Gasteiger partial charge on any atom is -0.368 e. The van der Waals surface area contributed by atoms with Crippen molar-refractivity contribution in [3.8, 4) is 0 Å². The molecule has 0 unspecified atom stereocenters. The van der Waals surface area contributed by atoms with Crippen molar-refractivity contribution >= 4 is 39.3 Å². The van der Waals surface area contributed by atoms with Crippen LogP contribution in [0.3, 0.4) is 0 Å². The van der Waals surface area contributed by atoms with Crippen LogP contribution in [0.25, 0.3) is 0 Å². The Morgan fingerprint density at radius 3 is 1.72 bits per heavy atom. The van der Waals surface area contributed by atoms with E-state index in [4.69, 9.17) is 17.3 Å². The Bertz CT molecular complexity index is 1230. The van der Waals surface area contributed by atoms with Crippen molar-refractivity contribution in [3.63, 3.8) is 0 Å². The fourth-order valence-electron chi connectivity index (χ4n) is 4.60. The molecule has 4 aromatic rings. The lowest BCUT2D eigenvalue weighted by atomic mass is 9.67. The normalized spacial score (nSPS) is 12.1. The molecule has 4 nitrogen and oxygen atoms in total. The predicted molar refractivity (Wildman–Crippen MR) is 148 cm³/mol. The van der Waals surface area contributed by atoms with E-state index >= 15 is 0 Å². The highest BCUT2D eigenvalue weighted by molar-refractivity contribution is 9.10. The lowest BCUT2D eigenvalue weighted by Gasteiger charge is -2.36. The Kier molecular flexibility index (Phi) is 8.24. The molecule has 4 aromatic carbocycles. The van der Waals surface area contributed by atoms with Crippen LogP contribution in [0.15, 0.2) is 114 Å². The Hall–Kier alpha value is -3.41. The van der Waals surface area contributed by atoms with Gasteiger partial charge in [-0.1, -0.05) is 119 Å². The molecule has 0 spiro atoms. The third-order valence-corrected chi connectivity index (χ3v) is 7.34. The van der Waals surface area contributed by atoms with Gasteiger partial charge in [0.25, 0.3) is 0 Å². The molecule has 0 bridgehead atoms. The number of nitrogens with two attached hydrogens (primary N) is 1. The first-order valence-corrected chi connectivity index (χ1v) is 12.8. The minimum absolute atomic E-state index is 0.0888. The van der Waals surface area contributed by atoms with E-state index < -0.39 is 17.4 Å². The molecule has 0 aliphatic rings. The van der Waals surface area contributed by atoms with Gasteiger partial charge in [-0.3, -0.25) is 9.59 Å². The van der Waals surface area contributed by atoms with Gasteiger partial charge in [-0.05, 0) is 40.5 Å². The first-order valence-electron chi connectivity index (χ1n) is 11.6. The van der Waals surface area contributed by atoms with Crippen LogP contribution in [0.4, 0.5) is 0 Å². The van der Waals surface area contributed by atoms with E-state index in [0.717, 1.165) is 26.7 Å². The smallest absolute Gasteiger partial charge is 0.240 e. The molecule has 0 aliphatic carbocycles. The molecule has 0 saturated heterocycles. The molecule has 6 heteroatoms. The lowest BCUT2D eigenvalue weighted by molar-refractivity contribution is -0.127. The van der Waals surface area contributed by atoms with E-state index in [2.05, 4.69) is 21.2 Å². The molecule has 0 aromatic heterocycles. The highest BCUT2D eigenvalue weighted by atomic mass is 79.9. The molecule has 3 N–H and O–H groups in total. The summed E-state index contributed by atoms with van der Waals surface area (Å²) in [6, 6.07) is 34.3. The summed E-state index contributed by atoms with van der Waals surface area (Å²) >= 11 is 9.64.